The predicted octanol–water partition coefficient (Wildman–Crippen LogP) is 2.15. The summed E-state index contributed by atoms with van der Waals surface area (Å²) in [7, 11) is 0. The van der Waals surface area contributed by atoms with Crippen LogP contribution in [0.3, 0.4) is 0 Å². The summed E-state index contributed by atoms with van der Waals surface area (Å²) in [6, 6.07) is 3.96. The van der Waals surface area contributed by atoms with Crippen molar-refractivity contribution in [1.29, 1.82) is 0 Å². The van der Waals surface area contributed by atoms with Crippen LogP contribution in [0.15, 0.2) is 23.0 Å². The Hall–Kier alpha value is -2.97. The fourth-order valence-corrected chi connectivity index (χ4v) is 3.15. The first-order chi connectivity index (χ1) is 13.9. The van der Waals surface area contributed by atoms with Crippen molar-refractivity contribution in [3.05, 3.63) is 51.4 Å². The van der Waals surface area contributed by atoms with Crippen LogP contribution in [0.25, 0.3) is 0 Å². The Bertz CT molecular complexity index is 938. The molecule has 0 bridgehead atoms. The van der Waals surface area contributed by atoms with Gasteiger partial charge in [-0.25, -0.2) is 13.6 Å². The normalized spacial score (nSPS) is 13.2. The molecule has 1 amide bonds. The first-order valence-electron chi connectivity index (χ1n) is 9.60. The van der Waals surface area contributed by atoms with Crippen molar-refractivity contribution in [2.45, 2.75) is 39.8 Å². The number of halogens is 2. The van der Waals surface area contributed by atoms with Gasteiger partial charge in [0.2, 0.25) is 11.8 Å². The van der Waals surface area contributed by atoms with E-state index in [2.05, 4.69) is 10.3 Å². The van der Waals surface area contributed by atoms with Crippen LogP contribution in [0, 0.1) is 18.6 Å². The zero-order valence-electron chi connectivity index (χ0n) is 16.5. The number of anilines is 1. The van der Waals surface area contributed by atoms with E-state index in [0.717, 1.165) is 12.8 Å². The molecule has 0 unspecified atom stereocenters. The number of ether oxygens (including phenoxy) is 1. The molecule has 29 heavy (non-hydrogen) atoms. The van der Waals surface area contributed by atoms with Crippen LogP contribution >= 0.6 is 0 Å². The minimum atomic E-state index is -0.661. The van der Waals surface area contributed by atoms with E-state index >= 15 is 0 Å². The first-order valence-corrected chi connectivity index (χ1v) is 9.60. The Morgan fingerprint density at radius 1 is 1.24 bits per heavy atom. The molecule has 0 fully saturated rings. The molecule has 3 rings (SSSR count). The van der Waals surface area contributed by atoms with Gasteiger partial charge in [0.15, 0.2) is 0 Å². The fourth-order valence-electron chi connectivity index (χ4n) is 3.15. The van der Waals surface area contributed by atoms with Crippen molar-refractivity contribution in [2.75, 3.05) is 24.5 Å². The molecule has 1 aromatic heterocycles. The maximum Gasteiger partial charge on any atom is 0.352 e. The minimum absolute atomic E-state index is 0.0449. The second-order valence-electron chi connectivity index (χ2n) is 6.98. The molecule has 1 aliphatic rings. The van der Waals surface area contributed by atoms with E-state index in [4.69, 9.17) is 4.74 Å². The number of rotatable bonds is 7. The number of hydrogen-bond acceptors (Lipinski definition) is 5. The molecule has 9 heteroatoms. The number of benzene rings is 1. The lowest BCUT2D eigenvalue weighted by Crippen LogP contribution is -2.44. The van der Waals surface area contributed by atoms with Crippen molar-refractivity contribution >= 4 is 11.7 Å². The highest BCUT2D eigenvalue weighted by molar-refractivity contribution is 5.81. The van der Waals surface area contributed by atoms with Crippen LogP contribution in [-0.4, -0.2) is 35.1 Å². The van der Waals surface area contributed by atoms with Gasteiger partial charge in [0.25, 0.3) is 0 Å². The maximum absolute atomic E-state index is 13.7. The summed E-state index contributed by atoms with van der Waals surface area (Å²) in [5.41, 5.74) is -0.255. The molecule has 0 saturated carbocycles. The largest absolute Gasteiger partial charge is 0.473 e. The molecule has 2 aromatic rings. The van der Waals surface area contributed by atoms with Crippen LogP contribution < -0.4 is 20.6 Å². The van der Waals surface area contributed by atoms with E-state index in [0.29, 0.717) is 31.0 Å². The molecule has 156 valence electrons. The molecule has 0 atom stereocenters. The van der Waals surface area contributed by atoms with Crippen LogP contribution in [0.2, 0.25) is 0 Å². The average Bonchev–Trinajstić information content (AvgIpc) is 2.69. The topological polar surface area (TPSA) is 76.5 Å². The number of carbonyl (C=O) groups excluding carboxylic acids is 1. The third kappa shape index (κ3) is 4.90. The second kappa shape index (κ2) is 9.02. The number of nitrogens with zero attached hydrogens (tertiary/aromatic N) is 3. The first kappa shape index (κ1) is 20.8. The van der Waals surface area contributed by atoms with Gasteiger partial charge in [0.05, 0.1) is 6.54 Å². The summed E-state index contributed by atoms with van der Waals surface area (Å²) in [4.78, 5) is 30.2. The van der Waals surface area contributed by atoms with Gasteiger partial charge in [-0.3, -0.25) is 9.36 Å². The predicted molar refractivity (Wildman–Crippen MR) is 104 cm³/mol. The third-order valence-electron chi connectivity index (χ3n) is 4.73. The van der Waals surface area contributed by atoms with Crippen molar-refractivity contribution in [2.24, 2.45) is 0 Å². The second-order valence-corrected chi connectivity index (χ2v) is 6.98. The number of aromatic nitrogens is 2. The number of fused-ring (bicyclic) bond motifs is 1. The molecule has 1 aliphatic heterocycles. The highest BCUT2D eigenvalue weighted by Crippen LogP contribution is 2.22. The van der Waals surface area contributed by atoms with E-state index < -0.39 is 17.3 Å². The summed E-state index contributed by atoms with van der Waals surface area (Å²) >= 11 is 0. The summed E-state index contributed by atoms with van der Waals surface area (Å²) in [6.45, 7) is 5.02. The SMILES string of the molecule is CCCNC(=O)CN1CCCn2c1cc(OCc1cc(F)c(C)c(F)c1)nc2=O. The molecular weight excluding hydrogens is 382 g/mol. The van der Waals surface area contributed by atoms with Crippen molar-refractivity contribution < 1.29 is 18.3 Å². The lowest BCUT2D eigenvalue weighted by atomic mass is 10.1. The van der Waals surface area contributed by atoms with E-state index in [1.807, 2.05) is 6.92 Å². The molecular formula is C20H24F2N4O3. The van der Waals surface area contributed by atoms with Crippen LogP contribution in [0.5, 0.6) is 5.88 Å². The lowest BCUT2D eigenvalue weighted by Gasteiger charge is -2.31. The highest BCUT2D eigenvalue weighted by Gasteiger charge is 2.22. The van der Waals surface area contributed by atoms with Crippen molar-refractivity contribution in [3.8, 4) is 5.88 Å². The zero-order valence-corrected chi connectivity index (χ0v) is 16.5. The van der Waals surface area contributed by atoms with Gasteiger partial charge in [-0.05, 0) is 37.5 Å². The van der Waals surface area contributed by atoms with Crippen LogP contribution in [-0.2, 0) is 17.9 Å². The molecule has 0 spiro atoms. The standard InChI is InChI=1S/C20H24F2N4O3/c1-3-5-23-17(27)11-25-6-4-7-26-19(25)10-18(24-20(26)28)29-12-14-8-15(21)13(2)16(22)9-14/h8-10H,3-7,11-12H2,1-2H3,(H,23,27). The molecule has 2 heterocycles. The Kier molecular flexibility index (Phi) is 6.46. The number of carbonyl (C=O) groups is 1. The third-order valence-corrected chi connectivity index (χ3v) is 4.73. The molecule has 0 radical (unpaired) electrons. The molecule has 0 saturated heterocycles. The summed E-state index contributed by atoms with van der Waals surface area (Å²) in [6.07, 6.45) is 1.56. The highest BCUT2D eigenvalue weighted by atomic mass is 19.1. The summed E-state index contributed by atoms with van der Waals surface area (Å²) < 4.78 is 34.4. The number of amides is 1. The minimum Gasteiger partial charge on any atom is -0.473 e. The maximum atomic E-state index is 13.7. The Morgan fingerprint density at radius 2 is 1.97 bits per heavy atom. The Morgan fingerprint density at radius 3 is 2.66 bits per heavy atom. The molecule has 1 N–H and O–H groups in total. The molecule has 1 aromatic carbocycles. The fraction of sp³-hybridized carbons (Fsp3) is 0.450. The van der Waals surface area contributed by atoms with E-state index in [1.165, 1.54) is 23.6 Å². The Balaban J connectivity index is 1.78. The van der Waals surface area contributed by atoms with Gasteiger partial charge < -0.3 is 15.0 Å². The van der Waals surface area contributed by atoms with Crippen LogP contribution in [0.1, 0.15) is 30.9 Å². The molecule has 7 nitrogen and oxygen atoms in total. The summed E-state index contributed by atoms with van der Waals surface area (Å²) in [5.74, 6) is -0.863. The molecule has 0 aliphatic carbocycles. The van der Waals surface area contributed by atoms with Gasteiger partial charge >= 0.3 is 5.69 Å². The quantitative estimate of drug-likeness (QED) is 0.763. The smallest absolute Gasteiger partial charge is 0.352 e. The van der Waals surface area contributed by atoms with Gasteiger partial charge in [0.1, 0.15) is 24.1 Å². The van der Waals surface area contributed by atoms with Gasteiger partial charge in [-0.2, -0.15) is 4.98 Å². The van der Waals surface area contributed by atoms with Gasteiger partial charge in [0, 0.05) is 31.3 Å². The monoisotopic (exact) mass is 406 g/mol. The lowest BCUT2D eigenvalue weighted by molar-refractivity contribution is -0.119. The van der Waals surface area contributed by atoms with Crippen molar-refractivity contribution in [1.82, 2.24) is 14.9 Å². The average molecular weight is 406 g/mol. The van der Waals surface area contributed by atoms with E-state index in [9.17, 15) is 18.4 Å². The number of nitrogens with one attached hydrogen (secondary N) is 1. The van der Waals surface area contributed by atoms with Gasteiger partial charge in [-0.15, -0.1) is 0 Å². The van der Waals surface area contributed by atoms with Crippen LogP contribution in [0.4, 0.5) is 14.6 Å². The number of hydrogen-bond donors (Lipinski definition) is 1. The zero-order chi connectivity index (χ0) is 21.0. The Labute approximate surface area is 167 Å². The van der Waals surface area contributed by atoms with E-state index in [-0.39, 0.29) is 30.5 Å². The summed E-state index contributed by atoms with van der Waals surface area (Å²) in [5, 5.41) is 2.82. The van der Waals surface area contributed by atoms with Gasteiger partial charge in [-0.1, -0.05) is 6.92 Å². The van der Waals surface area contributed by atoms with Crippen molar-refractivity contribution in [3.63, 3.8) is 0 Å². The van der Waals surface area contributed by atoms with E-state index in [1.54, 1.807) is 11.0 Å².